The second kappa shape index (κ2) is 6.55. The van der Waals surface area contributed by atoms with Crippen molar-refractivity contribution in [1.82, 2.24) is 0 Å². The predicted molar refractivity (Wildman–Crippen MR) is 73.7 cm³/mol. The second-order valence-corrected chi connectivity index (χ2v) is 5.60. The molecule has 1 rings (SSSR count). The predicted octanol–water partition coefficient (Wildman–Crippen LogP) is 3.97. The van der Waals surface area contributed by atoms with Crippen LogP contribution in [0.5, 0.6) is 5.75 Å². The van der Waals surface area contributed by atoms with Crippen LogP contribution >= 0.6 is 15.9 Å². The van der Waals surface area contributed by atoms with Gasteiger partial charge in [0, 0.05) is 10.0 Å². The standard InChI is InChI=1S/C14H16BrNO2/c1-14(2,10-16)6-3-7-18-12-4-5-13(15)11(8-12)9-17/h4-5,8-9H,3,6-7H2,1-2H3. The third-order valence-electron chi connectivity index (χ3n) is 2.61. The summed E-state index contributed by atoms with van der Waals surface area (Å²) in [7, 11) is 0. The number of carbonyl (C=O) groups excluding carboxylic acids is 1. The quantitative estimate of drug-likeness (QED) is 0.590. The van der Waals surface area contributed by atoms with Crippen molar-refractivity contribution in [3.8, 4) is 11.8 Å². The Morgan fingerprint density at radius 2 is 2.22 bits per heavy atom. The van der Waals surface area contributed by atoms with E-state index < -0.39 is 0 Å². The van der Waals surface area contributed by atoms with Gasteiger partial charge in [0.2, 0.25) is 0 Å². The van der Waals surface area contributed by atoms with Crippen LogP contribution in [-0.2, 0) is 0 Å². The van der Waals surface area contributed by atoms with E-state index in [9.17, 15) is 4.79 Å². The van der Waals surface area contributed by atoms with Gasteiger partial charge in [-0.15, -0.1) is 0 Å². The summed E-state index contributed by atoms with van der Waals surface area (Å²) in [6.07, 6.45) is 2.39. The zero-order valence-corrected chi connectivity index (χ0v) is 12.2. The molecular weight excluding hydrogens is 294 g/mol. The molecule has 0 spiro atoms. The molecule has 0 atom stereocenters. The maximum Gasteiger partial charge on any atom is 0.151 e. The Balaban J connectivity index is 2.45. The smallest absolute Gasteiger partial charge is 0.151 e. The van der Waals surface area contributed by atoms with Gasteiger partial charge in [-0.25, -0.2) is 0 Å². The number of benzene rings is 1. The summed E-state index contributed by atoms with van der Waals surface area (Å²) in [5.41, 5.74) is 0.265. The lowest BCUT2D eigenvalue weighted by atomic mass is 9.90. The van der Waals surface area contributed by atoms with Gasteiger partial charge in [-0.05, 0) is 44.9 Å². The zero-order valence-electron chi connectivity index (χ0n) is 10.6. The van der Waals surface area contributed by atoms with Crippen molar-refractivity contribution in [1.29, 1.82) is 5.26 Å². The van der Waals surface area contributed by atoms with Crippen molar-refractivity contribution in [3.05, 3.63) is 28.2 Å². The van der Waals surface area contributed by atoms with E-state index in [-0.39, 0.29) is 5.41 Å². The van der Waals surface area contributed by atoms with Crippen LogP contribution in [0.3, 0.4) is 0 Å². The Morgan fingerprint density at radius 1 is 1.50 bits per heavy atom. The number of hydrogen-bond acceptors (Lipinski definition) is 3. The minimum atomic E-state index is -0.308. The lowest BCUT2D eigenvalue weighted by Gasteiger charge is -2.14. The maximum atomic E-state index is 10.8. The lowest BCUT2D eigenvalue weighted by Crippen LogP contribution is -2.10. The van der Waals surface area contributed by atoms with E-state index in [1.807, 2.05) is 19.9 Å². The van der Waals surface area contributed by atoms with Gasteiger partial charge in [-0.2, -0.15) is 5.26 Å². The van der Waals surface area contributed by atoms with Crippen LogP contribution in [0.1, 0.15) is 37.0 Å². The van der Waals surface area contributed by atoms with Crippen LogP contribution in [-0.4, -0.2) is 12.9 Å². The topological polar surface area (TPSA) is 50.1 Å². The SMILES string of the molecule is CC(C)(C#N)CCCOc1ccc(Br)c(C=O)c1. The van der Waals surface area contributed by atoms with E-state index in [1.54, 1.807) is 12.1 Å². The van der Waals surface area contributed by atoms with E-state index in [1.165, 1.54) is 0 Å². The molecule has 0 saturated carbocycles. The summed E-state index contributed by atoms with van der Waals surface area (Å²) in [4.78, 5) is 10.8. The Bertz CT molecular complexity index is 463. The van der Waals surface area contributed by atoms with Crippen molar-refractivity contribution < 1.29 is 9.53 Å². The number of aldehydes is 1. The van der Waals surface area contributed by atoms with E-state index in [0.29, 0.717) is 17.9 Å². The van der Waals surface area contributed by atoms with Crippen LogP contribution < -0.4 is 4.74 Å². The minimum absolute atomic E-state index is 0.308. The molecule has 1 aromatic rings. The van der Waals surface area contributed by atoms with Crippen LogP contribution in [0.4, 0.5) is 0 Å². The van der Waals surface area contributed by atoms with Gasteiger partial charge >= 0.3 is 0 Å². The molecule has 4 heteroatoms. The number of carbonyl (C=O) groups is 1. The Labute approximate surface area is 116 Å². The molecule has 18 heavy (non-hydrogen) atoms. The summed E-state index contributed by atoms with van der Waals surface area (Å²) < 4.78 is 6.31. The van der Waals surface area contributed by atoms with Crippen molar-refractivity contribution in [2.45, 2.75) is 26.7 Å². The van der Waals surface area contributed by atoms with Gasteiger partial charge in [0.15, 0.2) is 6.29 Å². The molecular formula is C14H16BrNO2. The van der Waals surface area contributed by atoms with Crippen LogP contribution in [0.15, 0.2) is 22.7 Å². The molecule has 0 radical (unpaired) electrons. The number of nitrogens with zero attached hydrogens (tertiary/aromatic N) is 1. The zero-order chi connectivity index (χ0) is 13.6. The molecule has 3 nitrogen and oxygen atoms in total. The summed E-state index contributed by atoms with van der Waals surface area (Å²) >= 11 is 3.29. The van der Waals surface area contributed by atoms with Crippen LogP contribution in [0.2, 0.25) is 0 Å². The molecule has 0 aliphatic heterocycles. The summed E-state index contributed by atoms with van der Waals surface area (Å²) in [5.74, 6) is 0.676. The number of halogens is 1. The number of rotatable bonds is 6. The fourth-order valence-corrected chi connectivity index (χ4v) is 1.80. The Morgan fingerprint density at radius 3 is 2.83 bits per heavy atom. The number of nitriles is 1. The first-order chi connectivity index (χ1) is 8.48. The molecule has 0 aliphatic carbocycles. The first-order valence-electron chi connectivity index (χ1n) is 5.77. The Hall–Kier alpha value is -1.34. The fraction of sp³-hybridized carbons (Fsp3) is 0.429. The highest BCUT2D eigenvalue weighted by Gasteiger charge is 2.15. The van der Waals surface area contributed by atoms with Gasteiger partial charge in [-0.1, -0.05) is 15.9 Å². The van der Waals surface area contributed by atoms with Gasteiger partial charge in [0.1, 0.15) is 5.75 Å². The highest BCUT2D eigenvalue weighted by molar-refractivity contribution is 9.10. The molecule has 0 heterocycles. The van der Waals surface area contributed by atoms with E-state index in [2.05, 4.69) is 22.0 Å². The van der Waals surface area contributed by atoms with Gasteiger partial charge < -0.3 is 4.74 Å². The molecule has 0 amide bonds. The first kappa shape index (κ1) is 14.7. The van der Waals surface area contributed by atoms with Crippen molar-refractivity contribution in [2.24, 2.45) is 5.41 Å². The number of ether oxygens (including phenoxy) is 1. The third-order valence-corrected chi connectivity index (χ3v) is 3.33. The van der Waals surface area contributed by atoms with E-state index in [0.717, 1.165) is 23.6 Å². The molecule has 1 aromatic carbocycles. The summed E-state index contributed by atoms with van der Waals surface area (Å²) in [6.45, 7) is 4.37. The first-order valence-corrected chi connectivity index (χ1v) is 6.56. The molecule has 0 N–H and O–H groups in total. The van der Waals surface area contributed by atoms with Crippen molar-refractivity contribution in [3.63, 3.8) is 0 Å². The highest BCUT2D eigenvalue weighted by atomic mass is 79.9. The van der Waals surface area contributed by atoms with Crippen molar-refractivity contribution in [2.75, 3.05) is 6.61 Å². The molecule has 96 valence electrons. The van der Waals surface area contributed by atoms with Gasteiger partial charge in [0.25, 0.3) is 0 Å². The van der Waals surface area contributed by atoms with Gasteiger partial charge in [-0.3, -0.25) is 4.79 Å². The molecule has 0 saturated heterocycles. The number of hydrogen-bond donors (Lipinski definition) is 0. The highest BCUT2D eigenvalue weighted by Crippen LogP contribution is 2.23. The average molecular weight is 310 g/mol. The molecule has 0 bridgehead atoms. The Kier molecular flexibility index (Phi) is 5.36. The summed E-state index contributed by atoms with van der Waals surface area (Å²) in [5, 5.41) is 8.87. The lowest BCUT2D eigenvalue weighted by molar-refractivity contribution is 0.112. The molecule has 0 fully saturated rings. The minimum Gasteiger partial charge on any atom is -0.494 e. The molecule has 0 unspecified atom stereocenters. The molecule has 0 aromatic heterocycles. The second-order valence-electron chi connectivity index (χ2n) is 4.75. The van der Waals surface area contributed by atoms with E-state index in [4.69, 9.17) is 10.00 Å². The monoisotopic (exact) mass is 309 g/mol. The fourth-order valence-electron chi connectivity index (χ4n) is 1.46. The van der Waals surface area contributed by atoms with E-state index >= 15 is 0 Å². The van der Waals surface area contributed by atoms with Crippen LogP contribution in [0.25, 0.3) is 0 Å². The third kappa shape index (κ3) is 4.50. The normalized spacial score (nSPS) is 10.8. The van der Waals surface area contributed by atoms with Gasteiger partial charge in [0.05, 0.1) is 18.1 Å². The van der Waals surface area contributed by atoms with Crippen LogP contribution in [0, 0.1) is 16.7 Å². The summed E-state index contributed by atoms with van der Waals surface area (Å²) in [6, 6.07) is 7.56. The average Bonchev–Trinajstić information content (AvgIpc) is 2.36. The molecule has 0 aliphatic rings. The largest absolute Gasteiger partial charge is 0.494 e. The maximum absolute atomic E-state index is 10.8. The van der Waals surface area contributed by atoms with Crippen molar-refractivity contribution >= 4 is 22.2 Å².